The molecule has 6 nitrogen and oxygen atoms in total. The average Bonchev–Trinajstić information content (AvgIpc) is 2.66. The third-order valence-electron chi connectivity index (χ3n) is 4.28. The summed E-state index contributed by atoms with van der Waals surface area (Å²) in [4.78, 5) is 24.4. The van der Waals surface area contributed by atoms with Crippen molar-refractivity contribution in [1.29, 1.82) is 0 Å². The van der Waals surface area contributed by atoms with Crippen molar-refractivity contribution < 1.29 is 14.3 Å². The molecule has 3 N–H and O–H groups in total. The van der Waals surface area contributed by atoms with Gasteiger partial charge in [-0.2, -0.15) is 0 Å². The predicted octanol–water partition coefficient (Wildman–Crippen LogP) is 4.90. The molecule has 0 heterocycles. The molecule has 2 amide bonds. The minimum atomic E-state index is -0.476. The molecule has 0 fully saturated rings. The molecule has 0 aromatic heterocycles. The van der Waals surface area contributed by atoms with Crippen molar-refractivity contribution >= 4 is 28.9 Å². The summed E-state index contributed by atoms with van der Waals surface area (Å²) in [6, 6.07) is 14.7. The van der Waals surface area contributed by atoms with Crippen LogP contribution in [-0.2, 0) is 9.59 Å². The van der Waals surface area contributed by atoms with Gasteiger partial charge in [-0.05, 0) is 43.7 Å². The summed E-state index contributed by atoms with van der Waals surface area (Å²) in [7, 11) is 0. The molecule has 0 bridgehead atoms. The van der Waals surface area contributed by atoms with Gasteiger partial charge in [0.15, 0.2) is 0 Å². The van der Waals surface area contributed by atoms with Crippen LogP contribution in [0.1, 0.15) is 41.0 Å². The number of benzene rings is 2. The second-order valence-corrected chi connectivity index (χ2v) is 8.05. The first-order valence-electron chi connectivity index (χ1n) is 9.89. The standard InChI is InChI=1S/C23H31N3O3/c1-6-16(2)29-20-12-8-11-19(14-20)25-21(27)15-24-17-9-7-10-18(13-17)26-22(28)23(3,4)5/h7-14,16,24H,6,15H2,1-5H3,(H,25,27)(H,26,28). The van der Waals surface area contributed by atoms with E-state index in [0.29, 0.717) is 11.4 Å². The lowest BCUT2D eigenvalue weighted by molar-refractivity contribution is -0.123. The molecule has 0 aliphatic rings. The summed E-state index contributed by atoms with van der Waals surface area (Å²) in [6.07, 6.45) is 1.03. The van der Waals surface area contributed by atoms with Crippen LogP contribution in [0.15, 0.2) is 48.5 Å². The molecule has 1 unspecified atom stereocenters. The van der Waals surface area contributed by atoms with Crippen LogP contribution in [0.5, 0.6) is 5.75 Å². The number of hydrogen-bond acceptors (Lipinski definition) is 4. The molecular formula is C23H31N3O3. The lowest BCUT2D eigenvalue weighted by Gasteiger charge is -2.18. The van der Waals surface area contributed by atoms with Gasteiger partial charge in [0.1, 0.15) is 5.75 Å². The zero-order valence-corrected chi connectivity index (χ0v) is 17.8. The summed E-state index contributed by atoms with van der Waals surface area (Å²) >= 11 is 0. The Morgan fingerprint density at radius 1 is 0.966 bits per heavy atom. The van der Waals surface area contributed by atoms with E-state index < -0.39 is 5.41 Å². The van der Waals surface area contributed by atoms with E-state index in [1.807, 2.05) is 70.2 Å². The molecular weight excluding hydrogens is 366 g/mol. The Morgan fingerprint density at radius 3 is 2.24 bits per heavy atom. The van der Waals surface area contributed by atoms with Crippen LogP contribution >= 0.6 is 0 Å². The first-order chi connectivity index (χ1) is 13.7. The van der Waals surface area contributed by atoms with Gasteiger partial charge in [0.25, 0.3) is 0 Å². The maximum absolute atomic E-state index is 12.3. The number of carbonyl (C=O) groups is 2. The number of amides is 2. The van der Waals surface area contributed by atoms with E-state index in [0.717, 1.165) is 17.9 Å². The quantitative estimate of drug-likeness (QED) is 0.592. The zero-order valence-electron chi connectivity index (χ0n) is 17.8. The Morgan fingerprint density at radius 2 is 1.59 bits per heavy atom. The van der Waals surface area contributed by atoms with Gasteiger partial charge >= 0.3 is 0 Å². The highest BCUT2D eigenvalue weighted by atomic mass is 16.5. The van der Waals surface area contributed by atoms with E-state index in [4.69, 9.17) is 4.74 Å². The van der Waals surface area contributed by atoms with Crippen molar-refractivity contribution in [3.05, 3.63) is 48.5 Å². The fourth-order valence-corrected chi connectivity index (χ4v) is 2.38. The van der Waals surface area contributed by atoms with Crippen LogP contribution in [0.2, 0.25) is 0 Å². The average molecular weight is 398 g/mol. The van der Waals surface area contributed by atoms with E-state index in [9.17, 15) is 9.59 Å². The number of nitrogens with one attached hydrogen (secondary N) is 3. The van der Waals surface area contributed by atoms with E-state index in [1.54, 1.807) is 6.07 Å². The predicted molar refractivity (Wildman–Crippen MR) is 118 cm³/mol. The van der Waals surface area contributed by atoms with Crippen LogP contribution in [0, 0.1) is 5.41 Å². The lowest BCUT2D eigenvalue weighted by Crippen LogP contribution is -2.27. The van der Waals surface area contributed by atoms with Crippen molar-refractivity contribution in [2.75, 3.05) is 22.5 Å². The number of rotatable bonds is 8. The van der Waals surface area contributed by atoms with Crippen LogP contribution in [0.3, 0.4) is 0 Å². The van der Waals surface area contributed by atoms with E-state index in [2.05, 4.69) is 22.9 Å². The largest absolute Gasteiger partial charge is 0.491 e. The highest BCUT2D eigenvalue weighted by Gasteiger charge is 2.21. The molecule has 156 valence electrons. The molecule has 0 radical (unpaired) electrons. The van der Waals surface area contributed by atoms with Crippen molar-refractivity contribution in [3.63, 3.8) is 0 Å². The molecule has 29 heavy (non-hydrogen) atoms. The monoisotopic (exact) mass is 397 g/mol. The first kappa shape index (κ1) is 22.3. The van der Waals surface area contributed by atoms with Crippen LogP contribution in [-0.4, -0.2) is 24.5 Å². The Hall–Kier alpha value is -3.02. The van der Waals surface area contributed by atoms with Gasteiger partial charge in [-0.25, -0.2) is 0 Å². The normalized spacial score (nSPS) is 12.0. The van der Waals surface area contributed by atoms with Gasteiger partial charge in [0.2, 0.25) is 11.8 Å². The minimum Gasteiger partial charge on any atom is -0.491 e. The van der Waals surface area contributed by atoms with Gasteiger partial charge in [-0.15, -0.1) is 0 Å². The van der Waals surface area contributed by atoms with Crippen molar-refractivity contribution in [2.24, 2.45) is 5.41 Å². The number of hydrogen-bond donors (Lipinski definition) is 3. The molecule has 6 heteroatoms. The Labute approximate surface area is 173 Å². The molecule has 1 atom stereocenters. The number of carbonyl (C=O) groups excluding carboxylic acids is 2. The fourth-order valence-electron chi connectivity index (χ4n) is 2.38. The van der Waals surface area contributed by atoms with E-state index >= 15 is 0 Å². The summed E-state index contributed by atoms with van der Waals surface area (Å²) in [6.45, 7) is 9.75. The summed E-state index contributed by atoms with van der Waals surface area (Å²) in [5, 5.41) is 8.82. The third kappa shape index (κ3) is 7.49. The van der Waals surface area contributed by atoms with E-state index in [-0.39, 0.29) is 24.5 Å². The summed E-state index contributed by atoms with van der Waals surface area (Å²) < 4.78 is 5.78. The maximum atomic E-state index is 12.3. The van der Waals surface area contributed by atoms with Crippen LogP contribution in [0.4, 0.5) is 17.1 Å². The third-order valence-corrected chi connectivity index (χ3v) is 4.28. The highest BCUT2D eigenvalue weighted by Crippen LogP contribution is 2.21. The molecule has 0 aliphatic carbocycles. The van der Waals surface area contributed by atoms with Crippen molar-refractivity contribution in [1.82, 2.24) is 0 Å². The number of ether oxygens (including phenoxy) is 1. The molecule has 0 spiro atoms. The first-order valence-corrected chi connectivity index (χ1v) is 9.89. The summed E-state index contributed by atoms with van der Waals surface area (Å²) in [5.41, 5.74) is 1.64. The lowest BCUT2D eigenvalue weighted by atomic mass is 9.95. The smallest absolute Gasteiger partial charge is 0.243 e. The topological polar surface area (TPSA) is 79.5 Å². The molecule has 2 aromatic carbocycles. The fraction of sp³-hybridized carbons (Fsp3) is 0.391. The van der Waals surface area contributed by atoms with Gasteiger partial charge in [0, 0.05) is 28.5 Å². The molecule has 0 saturated heterocycles. The van der Waals surface area contributed by atoms with E-state index in [1.165, 1.54) is 0 Å². The minimum absolute atomic E-state index is 0.0631. The van der Waals surface area contributed by atoms with Gasteiger partial charge in [0.05, 0.1) is 12.6 Å². The second kappa shape index (κ2) is 9.96. The van der Waals surface area contributed by atoms with Crippen molar-refractivity contribution in [2.45, 2.75) is 47.1 Å². The Bertz CT molecular complexity index is 843. The maximum Gasteiger partial charge on any atom is 0.243 e. The molecule has 2 aromatic rings. The SMILES string of the molecule is CCC(C)Oc1cccc(NC(=O)CNc2cccc(NC(=O)C(C)(C)C)c2)c1. The Kier molecular flexibility index (Phi) is 7.65. The zero-order chi connectivity index (χ0) is 21.4. The van der Waals surface area contributed by atoms with Crippen molar-refractivity contribution in [3.8, 4) is 5.75 Å². The molecule has 0 aliphatic heterocycles. The van der Waals surface area contributed by atoms with Gasteiger partial charge < -0.3 is 20.7 Å². The number of anilines is 3. The molecule has 0 saturated carbocycles. The summed E-state index contributed by atoms with van der Waals surface area (Å²) in [5.74, 6) is 0.495. The molecule has 2 rings (SSSR count). The van der Waals surface area contributed by atoms with Gasteiger partial charge in [-0.3, -0.25) is 9.59 Å². The van der Waals surface area contributed by atoms with Crippen LogP contribution < -0.4 is 20.7 Å². The Balaban J connectivity index is 1.90. The van der Waals surface area contributed by atoms with Crippen LogP contribution in [0.25, 0.3) is 0 Å². The van der Waals surface area contributed by atoms with Gasteiger partial charge in [-0.1, -0.05) is 39.8 Å². The highest BCUT2D eigenvalue weighted by molar-refractivity contribution is 5.95. The second-order valence-electron chi connectivity index (χ2n) is 8.05.